The zero-order valence-electron chi connectivity index (χ0n) is 15.2. The summed E-state index contributed by atoms with van der Waals surface area (Å²) >= 11 is 0. The van der Waals surface area contributed by atoms with Crippen LogP contribution in [0.25, 0.3) is 0 Å². The van der Waals surface area contributed by atoms with Gasteiger partial charge >= 0.3 is 0 Å². The fraction of sp³-hybridized carbons (Fsp3) is 0.500. The van der Waals surface area contributed by atoms with Crippen LogP contribution in [0.1, 0.15) is 25.2 Å². The van der Waals surface area contributed by atoms with Crippen LogP contribution in [-0.2, 0) is 13.1 Å². The molecule has 2 aliphatic rings. The standard InChI is InChI=1S/C20H27N5/c1-19-12-24(10-16-6-4-3-5-7-16)13-20(19,2)15-25(14-19)11-18-22-9-8-17(21)23-18/h3-9H,10-15H2,1-2H3,(H2,21,22,23). The molecule has 5 nitrogen and oxygen atoms in total. The van der Waals surface area contributed by atoms with E-state index >= 15 is 0 Å². The number of anilines is 1. The van der Waals surface area contributed by atoms with Crippen molar-refractivity contribution in [2.75, 3.05) is 31.9 Å². The maximum atomic E-state index is 5.79. The molecule has 25 heavy (non-hydrogen) atoms. The molecule has 0 bridgehead atoms. The number of fused-ring (bicyclic) bond motifs is 1. The Labute approximate surface area is 149 Å². The Morgan fingerprint density at radius 2 is 1.52 bits per heavy atom. The van der Waals surface area contributed by atoms with Gasteiger partial charge in [-0.2, -0.15) is 0 Å². The second-order valence-electron chi connectivity index (χ2n) is 8.29. The highest BCUT2D eigenvalue weighted by Gasteiger charge is 2.57. The van der Waals surface area contributed by atoms with Gasteiger partial charge in [0.2, 0.25) is 0 Å². The predicted molar refractivity (Wildman–Crippen MR) is 99.7 cm³/mol. The van der Waals surface area contributed by atoms with Crippen LogP contribution in [-0.4, -0.2) is 45.9 Å². The van der Waals surface area contributed by atoms with E-state index in [0.717, 1.165) is 45.1 Å². The highest BCUT2D eigenvalue weighted by molar-refractivity contribution is 5.25. The molecule has 2 saturated heterocycles. The van der Waals surface area contributed by atoms with Gasteiger partial charge in [-0.15, -0.1) is 0 Å². The quantitative estimate of drug-likeness (QED) is 0.928. The van der Waals surface area contributed by atoms with Gasteiger partial charge in [-0.1, -0.05) is 44.2 Å². The Hall–Kier alpha value is -1.98. The molecule has 2 aliphatic heterocycles. The Morgan fingerprint density at radius 3 is 2.12 bits per heavy atom. The number of benzene rings is 1. The van der Waals surface area contributed by atoms with Crippen LogP contribution in [0.3, 0.4) is 0 Å². The molecule has 1 aromatic carbocycles. The smallest absolute Gasteiger partial charge is 0.144 e. The van der Waals surface area contributed by atoms with Crippen molar-refractivity contribution in [2.24, 2.45) is 10.8 Å². The van der Waals surface area contributed by atoms with Gasteiger partial charge in [-0.05, 0) is 11.6 Å². The van der Waals surface area contributed by atoms with E-state index in [2.05, 4.69) is 63.9 Å². The molecule has 2 atom stereocenters. The molecule has 2 fully saturated rings. The zero-order valence-corrected chi connectivity index (χ0v) is 15.2. The van der Waals surface area contributed by atoms with Gasteiger partial charge < -0.3 is 5.73 Å². The Bertz CT molecular complexity index is 729. The van der Waals surface area contributed by atoms with Gasteiger partial charge in [-0.3, -0.25) is 9.80 Å². The van der Waals surface area contributed by atoms with Gasteiger partial charge in [0.25, 0.3) is 0 Å². The topological polar surface area (TPSA) is 58.3 Å². The van der Waals surface area contributed by atoms with Crippen LogP contribution in [0.2, 0.25) is 0 Å². The fourth-order valence-electron chi connectivity index (χ4n) is 4.71. The normalized spacial score (nSPS) is 29.8. The molecule has 132 valence electrons. The lowest BCUT2D eigenvalue weighted by Crippen LogP contribution is -2.34. The summed E-state index contributed by atoms with van der Waals surface area (Å²) < 4.78 is 0. The minimum atomic E-state index is 0.308. The second-order valence-corrected chi connectivity index (χ2v) is 8.29. The lowest BCUT2D eigenvalue weighted by molar-refractivity contribution is 0.212. The summed E-state index contributed by atoms with van der Waals surface area (Å²) in [6, 6.07) is 12.5. The number of likely N-dealkylation sites (tertiary alicyclic amines) is 2. The average molecular weight is 337 g/mol. The predicted octanol–water partition coefficient (Wildman–Crippen LogP) is 2.40. The van der Waals surface area contributed by atoms with E-state index in [9.17, 15) is 0 Å². The largest absolute Gasteiger partial charge is 0.384 e. The summed E-state index contributed by atoms with van der Waals surface area (Å²) in [5, 5.41) is 0. The molecule has 4 rings (SSSR count). The first kappa shape index (κ1) is 16.5. The average Bonchev–Trinajstić information content (AvgIpc) is 2.91. The molecule has 1 aromatic heterocycles. The Morgan fingerprint density at radius 1 is 0.920 bits per heavy atom. The lowest BCUT2D eigenvalue weighted by Gasteiger charge is -2.31. The molecule has 0 spiro atoms. The maximum Gasteiger partial charge on any atom is 0.144 e. The maximum absolute atomic E-state index is 5.79. The Balaban J connectivity index is 1.43. The van der Waals surface area contributed by atoms with Gasteiger partial charge in [-0.25, -0.2) is 9.97 Å². The number of aromatic nitrogens is 2. The van der Waals surface area contributed by atoms with Crippen LogP contribution in [0.4, 0.5) is 5.82 Å². The summed E-state index contributed by atoms with van der Waals surface area (Å²) in [7, 11) is 0. The van der Waals surface area contributed by atoms with Crippen LogP contribution < -0.4 is 5.73 Å². The van der Waals surface area contributed by atoms with Gasteiger partial charge in [0.15, 0.2) is 0 Å². The summed E-state index contributed by atoms with van der Waals surface area (Å²) in [4.78, 5) is 13.8. The van der Waals surface area contributed by atoms with Crippen LogP contribution in [0.15, 0.2) is 42.6 Å². The second kappa shape index (κ2) is 6.07. The monoisotopic (exact) mass is 337 g/mol. The van der Waals surface area contributed by atoms with Crippen LogP contribution in [0.5, 0.6) is 0 Å². The minimum absolute atomic E-state index is 0.308. The lowest BCUT2D eigenvalue weighted by atomic mass is 9.71. The van der Waals surface area contributed by atoms with Crippen molar-refractivity contribution in [3.63, 3.8) is 0 Å². The van der Waals surface area contributed by atoms with E-state index in [-0.39, 0.29) is 0 Å². The Kier molecular flexibility index (Phi) is 4.01. The van der Waals surface area contributed by atoms with E-state index in [1.807, 2.05) is 0 Å². The fourth-order valence-corrected chi connectivity index (χ4v) is 4.71. The van der Waals surface area contributed by atoms with E-state index in [0.29, 0.717) is 16.6 Å². The third-order valence-corrected chi connectivity index (χ3v) is 6.09. The van der Waals surface area contributed by atoms with Gasteiger partial charge in [0.1, 0.15) is 11.6 Å². The van der Waals surface area contributed by atoms with E-state index in [1.165, 1.54) is 5.56 Å². The first-order chi connectivity index (χ1) is 12.0. The van der Waals surface area contributed by atoms with E-state index < -0.39 is 0 Å². The molecule has 3 heterocycles. The third kappa shape index (κ3) is 3.14. The molecule has 2 unspecified atom stereocenters. The zero-order chi connectivity index (χ0) is 17.5. The number of hydrogen-bond acceptors (Lipinski definition) is 5. The number of rotatable bonds is 4. The van der Waals surface area contributed by atoms with Crippen molar-refractivity contribution in [1.29, 1.82) is 0 Å². The first-order valence-corrected chi connectivity index (χ1v) is 9.02. The van der Waals surface area contributed by atoms with Gasteiger partial charge in [0.05, 0.1) is 6.54 Å². The van der Waals surface area contributed by atoms with E-state index in [1.54, 1.807) is 12.3 Å². The van der Waals surface area contributed by atoms with Crippen molar-refractivity contribution in [2.45, 2.75) is 26.9 Å². The number of hydrogen-bond donors (Lipinski definition) is 1. The highest BCUT2D eigenvalue weighted by Crippen LogP contribution is 2.51. The highest BCUT2D eigenvalue weighted by atomic mass is 15.3. The van der Waals surface area contributed by atoms with Crippen molar-refractivity contribution in [1.82, 2.24) is 19.8 Å². The summed E-state index contributed by atoms with van der Waals surface area (Å²) in [6.07, 6.45) is 1.75. The SMILES string of the molecule is CC12CN(Cc3ccccc3)CC1(C)CN(Cc1nccc(N)n1)C2. The van der Waals surface area contributed by atoms with Crippen molar-refractivity contribution in [3.8, 4) is 0 Å². The minimum Gasteiger partial charge on any atom is -0.384 e. The number of nitrogens with zero attached hydrogens (tertiary/aromatic N) is 4. The third-order valence-electron chi connectivity index (χ3n) is 6.09. The van der Waals surface area contributed by atoms with Crippen LogP contribution in [0, 0.1) is 10.8 Å². The summed E-state index contributed by atoms with van der Waals surface area (Å²) in [5.74, 6) is 1.38. The van der Waals surface area contributed by atoms with Crippen molar-refractivity contribution >= 4 is 5.82 Å². The first-order valence-electron chi connectivity index (χ1n) is 9.02. The van der Waals surface area contributed by atoms with Crippen LogP contribution >= 0.6 is 0 Å². The summed E-state index contributed by atoms with van der Waals surface area (Å²) in [5.41, 5.74) is 7.81. The molecule has 0 saturated carbocycles. The molecular weight excluding hydrogens is 310 g/mol. The van der Waals surface area contributed by atoms with E-state index in [4.69, 9.17) is 5.73 Å². The summed E-state index contributed by atoms with van der Waals surface area (Å²) in [6.45, 7) is 11.2. The molecule has 0 radical (unpaired) electrons. The molecule has 2 aromatic rings. The molecule has 0 aliphatic carbocycles. The number of nitrogens with two attached hydrogens (primary N) is 1. The van der Waals surface area contributed by atoms with Crippen molar-refractivity contribution < 1.29 is 0 Å². The number of nitrogen functional groups attached to an aromatic ring is 1. The van der Waals surface area contributed by atoms with Gasteiger partial charge in [0, 0.05) is 49.8 Å². The van der Waals surface area contributed by atoms with Crippen molar-refractivity contribution in [3.05, 3.63) is 54.0 Å². The molecule has 5 heteroatoms. The molecule has 2 N–H and O–H groups in total. The molecular formula is C20H27N5. The molecule has 0 amide bonds.